The van der Waals surface area contributed by atoms with Gasteiger partial charge >= 0.3 is 0 Å². The maximum absolute atomic E-state index is 10.3. The molecule has 0 aliphatic heterocycles. The number of aliphatic hydroxyl groups excluding tert-OH is 1. The van der Waals surface area contributed by atoms with Crippen LogP contribution < -0.4 is 0 Å². The van der Waals surface area contributed by atoms with Gasteiger partial charge in [-0.15, -0.1) is 0 Å². The molecule has 1 aromatic heterocycles. The minimum atomic E-state index is -0.189. The monoisotopic (exact) mass is 248 g/mol. The Morgan fingerprint density at radius 2 is 2.33 bits per heavy atom. The lowest BCUT2D eigenvalue weighted by atomic mass is 9.79. The van der Waals surface area contributed by atoms with Crippen LogP contribution in [0.4, 0.5) is 0 Å². The van der Waals surface area contributed by atoms with E-state index in [9.17, 15) is 5.11 Å². The zero-order valence-corrected chi connectivity index (χ0v) is 11.6. The summed E-state index contributed by atoms with van der Waals surface area (Å²) < 4.78 is 1.89. The first-order valence-electron chi connectivity index (χ1n) is 6.88. The van der Waals surface area contributed by atoms with E-state index < -0.39 is 0 Å². The first-order valence-corrected chi connectivity index (χ1v) is 6.88. The molecule has 0 saturated carbocycles. The van der Waals surface area contributed by atoms with Gasteiger partial charge in [-0.3, -0.25) is 4.68 Å². The number of aromatic nitrogens is 2. The van der Waals surface area contributed by atoms with Gasteiger partial charge in [0.25, 0.3) is 0 Å². The maximum atomic E-state index is 10.3. The topological polar surface area (TPSA) is 38.1 Å². The Kier molecular flexibility index (Phi) is 4.23. The summed E-state index contributed by atoms with van der Waals surface area (Å²) in [5.74, 6) is 1.04. The third-order valence-corrected chi connectivity index (χ3v) is 3.99. The van der Waals surface area contributed by atoms with Crippen molar-refractivity contribution in [2.24, 2.45) is 18.9 Å². The molecule has 0 spiro atoms. The Bertz CT molecular complexity index is 422. The van der Waals surface area contributed by atoms with Crippen molar-refractivity contribution in [2.45, 2.75) is 45.6 Å². The van der Waals surface area contributed by atoms with Crippen molar-refractivity contribution < 1.29 is 5.11 Å². The van der Waals surface area contributed by atoms with Crippen molar-refractivity contribution >= 4 is 0 Å². The fourth-order valence-corrected chi connectivity index (χ4v) is 3.07. The first-order chi connectivity index (χ1) is 8.56. The van der Waals surface area contributed by atoms with Crippen molar-refractivity contribution in [3.05, 3.63) is 29.6 Å². The van der Waals surface area contributed by atoms with E-state index in [1.807, 2.05) is 24.0 Å². The second-order valence-electron chi connectivity index (χ2n) is 5.74. The van der Waals surface area contributed by atoms with Crippen LogP contribution in [-0.4, -0.2) is 21.0 Å². The van der Waals surface area contributed by atoms with Crippen molar-refractivity contribution in [3.8, 4) is 0 Å². The summed E-state index contributed by atoms with van der Waals surface area (Å²) in [6, 6.07) is 2.03. The molecule has 0 aromatic carbocycles. The van der Waals surface area contributed by atoms with E-state index >= 15 is 0 Å². The van der Waals surface area contributed by atoms with Gasteiger partial charge in [-0.05, 0) is 50.5 Å². The lowest BCUT2D eigenvalue weighted by Gasteiger charge is -2.29. The predicted molar refractivity (Wildman–Crippen MR) is 73.2 cm³/mol. The van der Waals surface area contributed by atoms with Crippen molar-refractivity contribution in [1.29, 1.82) is 0 Å². The van der Waals surface area contributed by atoms with E-state index in [4.69, 9.17) is 0 Å². The van der Waals surface area contributed by atoms with Gasteiger partial charge in [0, 0.05) is 18.9 Å². The summed E-state index contributed by atoms with van der Waals surface area (Å²) in [5, 5.41) is 14.5. The molecule has 3 atom stereocenters. The quantitative estimate of drug-likeness (QED) is 0.832. The molecule has 3 unspecified atom stereocenters. The van der Waals surface area contributed by atoms with Gasteiger partial charge in [0.1, 0.15) is 0 Å². The maximum Gasteiger partial charge on any atom is 0.0575 e. The average molecular weight is 248 g/mol. The van der Waals surface area contributed by atoms with Crippen LogP contribution in [0.25, 0.3) is 0 Å². The summed E-state index contributed by atoms with van der Waals surface area (Å²) in [5.41, 5.74) is 2.63. The molecule has 0 radical (unpaired) electrons. The van der Waals surface area contributed by atoms with Crippen LogP contribution in [0, 0.1) is 11.8 Å². The van der Waals surface area contributed by atoms with Crippen LogP contribution in [0.3, 0.4) is 0 Å². The molecule has 0 bridgehead atoms. The van der Waals surface area contributed by atoms with Gasteiger partial charge in [0.2, 0.25) is 0 Å². The van der Waals surface area contributed by atoms with Crippen molar-refractivity contribution in [3.63, 3.8) is 0 Å². The number of nitrogens with zero attached hydrogens (tertiary/aromatic N) is 2. The van der Waals surface area contributed by atoms with Crippen LogP contribution in [0.5, 0.6) is 0 Å². The second kappa shape index (κ2) is 5.70. The van der Waals surface area contributed by atoms with Gasteiger partial charge in [0.15, 0.2) is 0 Å². The Hall–Kier alpha value is -1.09. The van der Waals surface area contributed by atoms with Gasteiger partial charge < -0.3 is 5.11 Å². The van der Waals surface area contributed by atoms with Crippen LogP contribution >= 0.6 is 0 Å². The molecule has 100 valence electrons. The van der Waals surface area contributed by atoms with E-state index in [0.29, 0.717) is 11.8 Å². The molecule has 0 saturated heterocycles. The summed E-state index contributed by atoms with van der Waals surface area (Å²) in [6.45, 7) is 4.42. The summed E-state index contributed by atoms with van der Waals surface area (Å²) in [4.78, 5) is 0. The van der Waals surface area contributed by atoms with Gasteiger partial charge in [-0.1, -0.05) is 18.6 Å². The van der Waals surface area contributed by atoms with Crippen LogP contribution in [0.15, 0.2) is 23.9 Å². The molecular weight excluding hydrogens is 224 g/mol. The van der Waals surface area contributed by atoms with E-state index in [1.165, 1.54) is 11.3 Å². The number of rotatable bonds is 4. The molecule has 1 aromatic rings. The molecule has 2 rings (SSSR count). The molecule has 0 amide bonds. The van der Waals surface area contributed by atoms with Gasteiger partial charge in [-0.2, -0.15) is 5.10 Å². The molecule has 1 N–H and O–H groups in total. The smallest absolute Gasteiger partial charge is 0.0575 e. The lowest BCUT2D eigenvalue weighted by Crippen LogP contribution is -2.26. The molecule has 1 aliphatic carbocycles. The summed E-state index contributed by atoms with van der Waals surface area (Å²) in [6.07, 6.45) is 7.88. The Labute approximate surface area is 110 Å². The lowest BCUT2D eigenvalue weighted by molar-refractivity contribution is 0.0848. The number of aryl methyl sites for hydroxylation is 2. The fourth-order valence-electron chi connectivity index (χ4n) is 3.07. The Morgan fingerprint density at radius 3 is 2.94 bits per heavy atom. The highest BCUT2D eigenvalue weighted by atomic mass is 16.3. The van der Waals surface area contributed by atoms with Crippen LogP contribution in [0.2, 0.25) is 0 Å². The molecular formula is C15H24N2O. The third-order valence-electron chi connectivity index (χ3n) is 3.99. The predicted octanol–water partition coefficient (Wildman–Crippen LogP) is 2.71. The molecule has 18 heavy (non-hydrogen) atoms. The number of hydrogen-bond acceptors (Lipinski definition) is 2. The minimum Gasteiger partial charge on any atom is -0.393 e. The minimum absolute atomic E-state index is 0.189. The van der Waals surface area contributed by atoms with E-state index in [-0.39, 0.29) is 6.10 Å². The van der Waals surface area contributed by atoms with Gasteiger partial charge in [0.05, 0.1) is 6.10 Å². The highest BCUT2D eigenvalue weighted by Crippen LogP contribution is 2.31. The van der Waals surface area contributed by atoms with Crippen molar-refractivity contribution in [2.75, 3.05) is 0 Å². The zero-order chi connectivity index (χ0) is 13.1. The Morgan fingerprint density at radius 1 is 1.56 bits per heavy atom. The largest absolute Gasteiger partial charge is 0.393 e. The average Bonchev–Trinajstić information content (AvgIpc) is 2.70. The van der Waals surface area contributed by atoms with Gasteiger partial charge in [-0.25, -0.2) is 0 Å². The number of aliphatic hydroxyl groups is 1. The fraction of sp³-hybridized carbons (Fsp3) is 0.667. The third kappa shape index (κ3) is 3.22. The SMILES string of the molecule is CC1=CC(C)CC(C(O)CCc2ccnn2C)C1. The normalized spacial score (nSPS) is 25.9. The Balaban J connectivity index is 1.87. The number of allylic oxidation sites excluding steroid dienone is 2. The van der Waals surface area contributed by atoms with E-state index in [2.05, 4.69) is 25.0 Å². The standard InChI is InChI=1S/C15H24N2O/c1-11-8-12(2)10-13(9-11)15(18)5-4-14-6-7-16-17(14)3/h6-8,11,13,15,18H,4-5,9-10H2,1-3H3. The van der Waals surface area contributed by atoms with E-state index in [1.54, 1.807) is 0 Å². The number of hydrogen-bond donors (Lipinski definition) is 1. The second-order valence-corrected chi connectivity index (χ2v) is 5.74. The van der Waals surface area contributed by atoms with Crippen LogP contribution in [0.1, 0.15) is 38.8 Å². The molecule has 3 nitrogen and oxygen atoms in total. The zero-order valence-electron chi connectivity index (χ0n) is 11.6. The molecule has 3 heteroatoms. The van der Waals surface area contributed by atoms with E-state index in [0.717, 1.165) is 25.7 Å². The molecule has 1 heterocycles. The highest BCUT2D eigenvalue weighted by Gasteiger charge is 2.24. The summed E-state index contributed by atoms with van der Waals surface area (Å²) >= 11 is 0. The molecule has 1 aliphatic rings. The summed E-state index contributed by atoms with van der Waals surface area (Å²) in [7, 11) is 1.96. The van der Waals surface area contributed by atoms with Crippen LogP contribution in [-0.2, 0) is 13.5 Å². The molecule has 0 fully saturated rings. The highest BCUT2D eigenvalue weighted by molar-refractivity contribution is 5.07. The van der Waals surface area contributed by atoms with Crippen molar-refractivity contribution in [1.82, 2.24) is 9.78 Å². The first kappa shape index (κ1) is 13.3.